The molecule has 0 amide bonds. The largest absolute Gasteiger partial charge is 0.488 e. The van der Waals surface area contributed by atoms with Crippen molar-refractivity contribution in [2.24, 2.45) is 22.7 Å². The molecule has 8 aromatic rings. The standard InChI is InChI=1S/C60H44N3O/c1-3-49-43-26-28-61-58-55-53(46-32-52-48(60-27-11-10-21-47(60)59(60)64-52)33-51(46)63(49,2)50-31-37-16-5-4-15-36(37)30-45(43)50)54(55)57(44-20-12-17-34-13-6-9-19-41(34)44)62-56(58)39-24-25-42-38(29-39)23-22-35-14-7-8-18-40(35)42/h3-33,47,53-56,58-59,61H,1H2,2H3/q+1/b28-26-/t47?,53?,54?,55?,56?,58-,59?,60?,63?/m0/s1. The smallest absolute Gasteiger partial charge is 0.151 e. The number of benzene rings is 8. The molecule has 0 radical (unpaired) electrons. The van der Waals surface area contributed by atoms with Crippen molar-refractivity contribution in [3.05, 3.63) is 228 Å². The first-order chi connectivity index (χ1) is 31.5. The number of likely N-dealkylation sites (N-methyl/N-ethyl adjacent to an activating group) is 1. The highest BCUT2D eigenvalue weighted by molar-refractivity contribution is 6.15. The third kappa shape index (κ3) is 4.39. The number of quaternary nitrogens is 1. The van der Waals surface area contributed by atoms with Gasteiger partial charge in [-0.15, -0.1) is 0 Å². The number of nitrogens with one attached hydrogen (secondary N) is 1. The Kier molecular flexibility index (Phi) is 6.74. The van der Waals surface area contributed by atoms with Crippen molar-refractivity contribution in [1.29, 1.82) is 0 Å². The van der Waals surface area contributed by atoms with Crippen molar-refractivity contribution < 1.29 is 4.74 Å². The number of fused-ring (bicyclic) bond motifs is 15. The highest BCUT2D eigenvalue weighted by Crippen LogP contribution is 2.71. The molecule has 3 aliphatic carbocycles. The summed E-state index contributed by atoms with van der Waals surface area (Å²) in [4.78, 5) is 6.01. The summed E-state index contributed by atoms with van der Waals surface area (Å²) in [5.74, 6) is 2.04. The second-order valence-electron chi connectivity index (χ2n) is 19.3. The number of rotatable bonds is 3. The van der Waals surface area contributed by atoms with Gasteiger partial charge in [-0.2, -0.15) is 0 Å². The predicted octanol–water partition coefficient (Wildman–Crippen LogP) is 13.3. The summed E-state index contributed by atoms with van der Waals surface area (Å²) in [6, 6.07) is 54.5. The molecule has 304 valence electrons. The third-order valence-corrected chi connectivity index (χ3v) is 16.5. The minimum atomic E-state index is -0.131. The molecule has 0 saturated heterocycles. The van der Waals surface area contributed by atoms with E-state index in [2.05, 4.69) is 207 Å². The molecule has 8 aromatic carbocycles. The van der Waals surface area contributed by atoms with Gasteiger partial charge in [0.2, 0.25) is 0 Å². The van der Waals surface area contributed by atoms with E-state index in [4.69, 9.17) is 9.73 Å². The lowest BCUT2D eigenvalue weighted by Gasteiger charge is -2.34. The second-order valence-corrected chi connectivity index (χ2v) is 19.3. The van der Waals surface area contributed by atoms with E-state index in [1.54, 1.807) is 0 Å². The molecular formula is C60H44N3O+. The monoisotopic (exact) mass is 822 g/mol. The maximum atomic E-state index is 7.04. The van der Waals surface area contributed by atoms with E-state index in [1.807, 2.05) is 0 Å². The molecule has 0 aromatic heterocycles. The predicted molar refractivity (Wildman–Crippen MR) is 263 cm³/mol. The van der Waals surface area contributed by atoms with Crippen LogP contribution in [-0.2, 0) is 5.41 Å². The Balaban J connectivity index is 1.000. The maximum Gasteiger partial charge on any atom is 0.151 e. The molecule has 2 saturated carbocycles. The molecule has 64 heavy (non-hydrogen) atoms. The number of nitrogens with zero attached hydrogens (tertiary/aromatic N) is 2. The van der Waals surface area contributed by atoms with Gasteiger partial charge in [-0.25, -0.2) is 4.48 Å². The zero-order valence-corrected chi connectivity index (χ0v) is 35.4. The molecule has 7 aliphatic rings. The summed E-state index contributed by atoms with van der Waals surface area (Å²) < 4.78 is 7.57. The van der Waals surface area contributed by atoms with Crippen molar-refractivity contribution in [1.82, 2.24) is 9.80 Å². The van der Waals surface area contributed by atoms with Crippen LogP contribution >= 0.6 is 0 Å². The van der Waals surface area contributed by atoms with Crippen molar-refractivity contribution in [2.45, 2.75) is 29.5 Å². The van der Waals surface area contributed by atoms with Crippen LogP contribution in [0.1, 0.15) is 39.8 Å². The quantitative estimate of drug-likeness (QED) is 0.142. The van der Waals surface area contributed by atoms with Crippen LogP contribution in [0.25, 0.3) is 48.7 Å². The van der Waals surface area contributed by atoms with Crippen LogP contribution in [0, 0.1) is 17.8 Å². The highest BCUT2D eigenvalue weighted by Gasteiger charge is 2.71. The van der Waals surface area contributed by atoms with Crippen LogP contribution in [0.4, 0.5) is 11.4 Å². The third-order valence-electron chi connectivity index (χ3n) is 16.5. The van der Waals surface area contributed by atoms with Gasteiger partial charge in [0.1, 0.15) is 23.2 Å². The van der Waals surface area contributed by atoms with Gasteiger partial charge in [-0.3, -0.25) is 4.99 Å². The van der Waals surface area contributed by atoms with Gasteiger partial charge in [0.15, 0.2) is 5.69 Å². The molecule has 1 N–H and O–H groups in total. The molecular weight excluding hydrogens is 779 g/mol. The fourth-order valence-electron chi connectivity index (χ4n) is 13.4. The SMILES string of the molecule is C=CC1=C2/C=C\N[C@@H]3C(c4ccc5c(ccc6ccccc65)c4)N=C(c4cccc5ccccc45)C4C(c5cc6c(cc5[N+]1(C)c1cc5ccccc5cc12)C12C=CC=CC1C2O6)C43. The fourth-order valence-corrected chi connectivity index (χ4v) is 13.4. The van der Waals surface area contributed by atoms with E-state index in [0.717, 1.165) is 5.75 Å². The zero-order chi connectivity index (χ0) is 42.1. The lowest BCUT2D eigenvalue weighted by Crippen LogP contribution is -2.38. The van der Waals surface area contributed by atoms with Gasteiger partial charge >= 0.3 is 0 Å². The molecule has 2 bridgehead atoms. The van der Waals surface area contributed by atoms with Crippen molar-refractivity contribution in [3.8, 4) is 5.75 Å². The van der Waals surface area contributed by atoms with Crippen LogP contribution in [0.2, 0.25) is 0 Å². The normalized spacial score (nSPS) is 30.0. The Labute approximate surface area is 372 Å². The molecule has 2 fully saturated rings. The lowest BCUT2D eigenvalue weighted by molar-refractivity contribution is 0.302. The number of allylic oxidation sites excluding steroid dienone is 5. The lowest BCUT2D eigenvalue weighted by atomic mass is 9.87. The first-order valence-electron chi connectivity index (χ1n) is 22.9. The first-order valence-corrected chi connectivity index (χ1v) is 22.9. The van der Waals surface area contributed by atoms with Gasteiger partial charge in [0.05, 0.1) is 35.7 Å². The summed E-state index contributed by atoms with van der Waals surface area (Å²) >= 11 is 0. The molecule has 15 rings (SSSR count). The fraction of sp³-hybridized carbons (Fsp3) is 0.150. The van der Waals surface area contributed by atoms with E-state index in [0.29, 0.717) is 10.4 Å². The molecule has 9 atom stereocenters. The van der Waals surface area contributed by atoms with Gasteiger partial charge in [0.25, 0.3) is 0 Å². The van der Waals surface area contributed by atoms with Crippen molar-refractivity contribution >= 4 is 65.7 Å². The summed E-state index contributed by atoms with van der Waals surface area (Å²) in [6.07, 6.45) is 16.0. The maximum absolute atomic E-state index is 7.04. The minimum Gasteiger partial charge on any atom is -0.488 e. The van der Waals surface area contributed by atoms with Crippen LogP contribution in [0.3, 0.4) is 0 Å². The molecule has 1 spiro atoms. The summed E-state index contributed by atoms with van der Waals surface area (Å²) in [5, 5.41) is 14.1. The average molecular weight is 823 g/mol. The van der Waals surface area contributed by atoms with Gasteiger partial charge in [0, 0.05) is 52.3 Å². The Morgan fingerprint density at radius 2 is 1.44 bits per heavy atom. The number of hydrogen-bond acceptors (Lipinski definition) is 3. The zero-order valence-electron chi connectivity index (χ0n) is 35.4. The Morgan fingerprint density at radius 1 is 0.688 bits per heavy atom. The van der Waals surface area contributed by atoms with E-state index in [9.17, 15) is 0 Å². The first kappa shape index (κ1) is 35.2. The van der Waals surface area contributed by atoms with Gasteiger partial charge < -0.3 is 10.1 Å². The molecule has 4 aliphatic heterocycles. The summed E-state index contributed by atoms with van der Waals surface area (Å²) in [7, 11) is 2.42. The number of ether oxygens (including phenoxy) is 1. The van der Waals surface area contributed by atoms with Gasteiger partial charge in [-0.05, 0) is 91.1 Å². The number of aliphatic imine (C=N–C) groups is 1. The Bertz CT molecular complexity index is 3620. The van der Waals surface area contributed by atoms with Gasteiger partial charge in [-0.1, -0.05) is 146 Å². The second kappa shape index (κ2) is 12.3. The molecule has 4 heterocycles. The molecule has 8 unspecified atom stereocenters. The average Bonchev–Trinajstić information content (AvgIpc) is 4.19. The van der Waals surface area contributed by atoms with Crippen LogP contribution in [0.15, 0.2) is 206 Å². The van der Waals surface area contributed by atoms with Crippen molar-refractivity contribution in [2.75, 3.05) is 7.05 Å². The van der Waals surface area contributed by atoms with Crippen molar-refractivity contribution in [3.63, 3.8) is 0 Å². The van der Waals surface area contributed by atoms with E-state index >= 15 is 0 Å². The van der Waals surface area contributed by atoms with E-state index < -0.39 is 0 Å². The number of hydrogen-bond donors (Lipinski definition) is 1. The summed E-state index contributed by atoms with van der Waals surface area (Å²) in [6.45, 7) is 4.58. The Morgan fingerprint density at radius 3 is 2.30 bits per heavy atom. The van der Waals surface area contributed by atoms with E-state index in [1.165, 1.54) is 99.3 Å². The minimum absolute atomic E-state index is 0.0356. The highest BCUT2D eigenvalue weighted by atomic mass is 16.5. The van der Waals surface area contributed by atoms with Crippen LogP contribution in [0.5, 0.6) is 5.75 Å². The van der Waals surface area contributed by atoms with Crippen LogP contribution < -0.4 is 14.5 Å². The summed E-state index contributed by atoms with van der Waals surface area (Å²) in [5.41, 5.74) is 12.5. The van der Waals surface area contributed by atoms with Crippen LogP contribution in [-0.4, -0.2) is 24.9 Å². The van der Waals surface area contributed by atoms with E-state index in [-0.39, 0.29) is 41.4 Å². The Hall–Kier alpha value is -7.27. The molecule has 4 nitrogen and oxygen atoms in total. The topological polar surface area (TPSA) is 33.6 Å². The molecule has 4 heteroatoms.